The van der Waals surface area contributed by atoms with Gasteiger partial charge in [0.05, 0.1) is 0 Å². The van der Waals surface area contributed by atoms with E-state index in [-0.39, 0.29) is 58.2 Å². The summed E-state index contributed by atoms with van der Waals surface area (Å²) >= 11 is 0. The van der Waals surface area contributed by atoms with Crippen molar-refractivity contribution in [2.75, 3.05) is 19.8 Å². The van der Waals surface area contributed by atoms with Crippen molar-refractivity contribution in [2.45, 2.75) is 20.8 Å². The summed E-state index contributed by atoms with van der Waals surface area (Å²) in [6.07, 6.45) is 0. The van der Waals surface area contributed by atoms with Crippen molar-refractivity contribution in [3.05, 3.63) is 0 Å². The molecule has 0 unspecified atom stereocenters. The molecule has 16 heavy (non-hydrogen) atoms. The molecule has 0 heterocycles. The molecule has 0 fully saturated rings. The summed E-state index contributed by atoms with van der Waals surface area (Å²) in [7, 11) is 0. The first-order valence-corrected chi connectivity index (χ1v) is 3.07. The van der Waals surface area contributed by atoms with Crippen molar-refractivity contribution in [1.29, 1.82) is 0 Å². The van der Waals surface area contributed by atoms with Crippen molar-refractivity contribution in [3.8, 4) is 0 Å². The molecular formula is C6H32O10. The topological polar surface area (TPSA) is 281 Å². The van der Waals surface area contributed by atoms with E-state index in [1.807, 2.05) is 0 Å². The third-order valence-corrected chi connectivity index (χ3v) is 0. The average Bonchev–Trinajstić information content (AvgIpc) is 1.70. The van der Waals surface area contributed by atoms with Gasteiger partial charge in [-0.3, -0.25) is 0 Å². The van der Waals surface area contributed by atoms with Gasteiger partial charge in [-0.1, -0.05) is 0 Å². The second-order valence-electron chi connectivity index (χ2n) is 0.949. The lowest BCUT2D eigenvalue weighted by Crippen LogP contribution is -1.57. The average molecular weight is 264 g/mol. The maximum atomic E-state index is 7.57. The van der Waals surface area contributed by atoms with E-state index in [2.05, 4.69) is 0 Å². The molecule has 116 valence electrons. The Hall–Kier alpha value is -0.400. The molecule has 0 saturated carbocycles. The fourth-order valence-electron chi connectivity index (χ4n) is 0. The zero-order chi connectivity index (χ0) is 8.12. The molecule has 0 aromatic heterocycles. The monoisotopic (exact) mass is 264 g/mol. The zero-order valence-electron chi connectivity index (χ0n) is 9.96. The molecule has 0 radical (unpaired) electrons. The summed E-state index contributed by atoms with van der Waals surface area (Å²) in [5.74, 6) is 0. The second-order valence-corrected chi connectivity index (χ2v) is 0.949. The molecule has 0 saturated heterocycles. The molecule has 0 atom stereocenters. The van der Waals surface area contributed by atoms with Crippen LogP contribution in [0.15, 0.2) is 0 Å². The molecular weight excluding hydrogens is 232 g/mol. The minimum atomic E-state index is 0. The zero-order valence-corrected chi connectivity index (χ0v) is 9.96. The van der Waals surface area contributed by atoms with Gasteiger partial charge in [-0.25, -0.2) is 0 Å². The fraction of sp³-hybridized carbons (Fsp3) is 1.00. The number of hydrogen-bond acceptors (Lipinski definition) is 3. The van der Waals surface area contributed by atoms with Gasteiger partial charge in [0.25, 0.3) is 0 Å². The highest BCUT2D eigenvalue weighted by molar-refractivity contribution is 3.84. The Morgan fingerprint density at radius 1 is 0.438 bits per heavy atom. The predicted molar refractivity (Wildman–Crippen MR) is 63.6 cm³/mol. The number of aliphatic hydroxyl groups is 3. The Morgan fingerprint density at radius 2 is 0.438 bits per heavy atom. The SMILES string of the molecule is CCO.CCO.CCO.O.O.O.O.O.O.O. The molecule has 0 rings (SSSR count). The highest BCUT2D eigenvalue weighted by Gasteiger charge is 1.35. The van der Waals surface area contributed by atoms with Crippen LogP contribution in [0, 0.1) is 0 Å². The maximum Gasteiger partial charge on any atom is 0.0402 e. The van der Waals surface area contributed by atoms with E-state index in [9.17, 15) is 0 Å². The Bertz CT molecular complexity index is 20.0. The first kappa shape index (κ1) is 106. The smallest absolute Gasteiger partial charge is 0.0402 e. The lowest BCUT2D eigenvalue weighted by atomic mass is 10.9. The molecule has 17 N–H and O–H groups in total. The van der Waals surface area contributed by atoms with Gasteiger partial charge in [0, 0.05) is 19.8 Å². The highest BCUT2D eigenvalue weighted by atomic mass is 16.3. The second kappa shape index (κ2) is 399. The van der Waals surface area contributed by atoms with Crippen LogP contribution in [-0.4, -0.2) is 73.5 Å². The quantitative estimate of drug-likeness (QED) is 0.385. The van der Waals surface area contributed by atoms with E-state index >= 15 is 0 Å². The van der Waals surface area contributed by atoms with Gasteiger partial charge >= 0.3 is 0 Å². The van der Waals surface area contributed by atoms with Crippen LogP contribution in [0.25, 0.3) is 0 Å². The molecule has 0 bridgehead atoms. The van der Waals surface area contributed by atoms with Crippen LogP contribution in [0.5, 0.6) is 0 Å². The molecule has 0 amide bonds. The first-order chi connectivity index (χ1) is 4.24. The summed E-state index contributed by atoms with van der Waals surface area (Å²) in [4.78, 5) is 0. The number of rotatable bonds is 0. The molecule has 10 heteroatoms. The van der Waals surface area contributed by atoms with Crippen LogP contribution in [0.1, 0.15) is 20.8 Å². The van der Waals surface area contributed by atoms with Gasteiger partial charge < -0.3 is 53.7 Å². The summed E-state index contributed by atoms with van der Waals surface area (Å²) in [6, 6.07) is 0. The third kappa shape index (κ3) is 13500. The van der Waals surface area contributed by atoms with Crippen LogP contribution in [0.2, 0.25) is 0 Å². The molecule has 0 aliphatic heterocycles. The number of aliphatic hydroxyl groups excluding tert-OH is 3. The summed E-state index contributed by atoms with van der Waals surface area (Å²) < 4.78 is 0. The van der Waals surface area contributed by atoms with Gasteiger partial charge in [0.15, 0.2) is 0 Å². The lowest BCUT2D eigenvalue weighted by molar-refractivity contribution is 0.318. The van der Waals surface area contributed by atoms with Gasteiger partial charge in [-0.05, 0) is 20.8 Å². The van der Waals surface area contributed by atoms with Gasteiger partial charge in [0.1, 0.15) is 0 Å². The molecule has 0 aliphatic rings. The lowest BCUT2D eigenvalue weighted by Gasteiger charge is -1.52. The molecule has 10 nitrogen and oxygen atoms in total. The van der Waals surface area contributed by atoms with E-state index in [1.54, 1.807) is 20.8 Å². The predicted octanol–water partition coefficient (Wildman–Crippen LogP) is -5.78. The first-order valence-electron chi connectivity index (χ1n) is 3.07. The molecule has 0 aliphatic carbocycles. The van der Waals surface area contributed by atoms with E-state index in [4.69, 9.17) is 15.3 Å². The Labute approximate surface area is 95.3 Å². The van der Waals surface area contributed by atoms with Crippen molar-refractivity contribution in [1.82, 2.24) is 0 Å². The van der Waals surface area contributed by atoms with Crippen molar-refractivity contribution in [3.63, 3.8) is 0 Å². The standard InChI is InChI=1S/3C2H6O.7H2O/c3*1-2-3;;;;;;;/h3*3H,2H2,1H3;7*1H2. The van der Waals surface area contributed by atoms with E-state index in [1.165, 1.54) is 0 Å². The van der Waals surface area contributed by atoms with E-state index < -0.39 is 0 Å². The maximum absolute atomic E-state index is 7.57. The van der Waals surface area contributed by atoms with Crippen LogP contribution in [-0.2, 0) is 0 Å². The largest absolute Gasteiger partial charge is 0.412 e. The number of hydrogen-bond donors (Lipinski definition) is 3. The molecule has 0 aromatic rings. The van der Waals surface area contributed by atoms with Crippen molar-refractivity contribution >= 4 is 0 Å². The molecule has 0 aromatic carbocycles. The third-order valence-electron chi connectivity index (χ3n) is 0. The normalized spacial score (nSPS) is 3.38. The van der Waals surface area contributed by atoms with Crippen molar-refractivity contribution in [2.24, 2.45) is 0 Å². The van der Waals surface area contributed by atoms with Crippen LogP contribution < -0.4 is 0 Å². The molecule has 0 spiro atoms. The Balaban J connectivity index is -0.00000000346. The van der Waals surface area contributed by atoms with Crippen LogP contribution >= 0.6 is 0 Å². The van der Waals surface area contributed by atoms with Gasteiger partial charge in [-0.2, -0.15) is 0 Å². The Kier molecular flexibility index (Phi) is 2650. The summed E-state index contributed by atoms with van der Waals surface area (Å²) in [5, 5.41) is 22.7. The summed E-state index contributed by atoms with van der Waals surface area (Å²) in [5.41, 5.74) is 0. The Morgan fingerprint density at radius 3 is 0.438 bits per heavy atom. The summed E-state index contributed by atoms with van der Waals surface area (Å²) in [6.45, 7) is 5.79. The van der Waals surface area contributed by atoms with E-state index in [0.717, 1.165) is 0 Å². The minimum Gasteiger partial charge on any atom is -0.412 e. The van der Waals surface area contributed by atoms with Crippen LogP contribution in [0.3, 0.4) is 0 Å². The van der Waals surface area contributed by atoms with Crippen molar-refractivity contribution < 1.29 is 53.7 Å². The van der Waals surface area contributed by atoms with Gasteiger partial charge in [-0.15, -0.1) is 0 Å². The highest BCUT2D eigenvalue weighted by Crippen LogP contribution is 1.30. The fourth-order valence-corrected chi connectivity index (χ4v) is 0. The van der Waals surface area contributed by atoms with Crippen LogP contribution in [0.4, 0.5) is 0 Å². The van der Waals surface area contributed by atoms with Gasteiger partial charge in [0.2, 0.25) is 0 Å². The minimum absolute atomic E-state index is 0. The van der Waals surface area contributed by atoms with E-state index in [0.29, 0.717) is 0 Å².